The van der Waals surface area contributed by atoms with E-state index >= 15 is 0 Å². The van der Waals surface area contributed by atoms with E-state index in [-0.39, 0.29) is 11.1 Å². The predicted octanol–water partition coefficient (Wildman–Crippen LogP) is 5.05. The van der Waals surface area contributed by atoms with Crippen molar-refractivity contribution in [1.29, 1.82) is 0 Å². The molecule has 0 N–H and O–H groups in total. The van der Waals surface area contributed by atoms with Crippen molar-refractivity contribution in [2.75, 3.05) is 6.61 Å². The number of thioether (sulfide) groups is 1. The summed E-state index contributed by atoms with van der Waals surface area (Å²) in [4.78, 5) is 24.5. The molecule has 2 aromatic carbocycles. The number of esters is 2. The fraction of sp³-hybridized carbons (Fsp3) is 0.333. The smallest absolute Gasteiger partial charge is 0.416 e. The summed E-state index contributed by atoms with van der Waals surface area (Å²) in [6.07, 6.45) is -12.5. The van der Waals surface area contributed by atoms with Crippen molar-refractivity contribution in [2.45, 2.75) is 35.0 Å². The Hall–Kier alpha value is -2.70. The summed E-state index contributed by atoms with van der Waals surface area (Å²) in [6.45, 7) is -0.483. The molecular weight excluding hydrogens is 492 g/mol. The molecule has 0 spiro atoms. The zero-order valence-corrected chi connectivity index (χ0v) is 17.7. The summed E-state index contributed by atoms with van der Waals surface area (Å²) in [5, 5.41) is -2.10. The Balaban J connectivity index is 1.64. The first-order valence-electron chi connectivity index (χ1n) is 9.55. The third-order valence-electron chi connectivity index (χ3n) is 4.84. The van der Waals surface area contributed by atoms with Gasteiger partial charge >= 0.3 is 24.3 Å². The van der Waals surface area contributed by atoms with Crippen molar-refractivity contribution >= 4 is 31.5 Å². The zero-order chi connectivity index (χ0) is 25.3. The molecule has 1 aliphatic rings. The van der Waals surface area contributed by atoms with Crippen molar-refractivity contribution in [3.05, 3.63) is 70.8 Å². The van der Waals surface area contributed by atoms with Crippen LogP contribution < -0.4 is 0 Å². The minimum absolute atomic E-state index is 0.185. The maximum absolute atomic E-state index is 14.5. The number of alkyl halides is 7. The lowest BCUT2D eigenvalue weighted by atomic mass is 9.95. The molecular formula is C21H14BF7O4S. The quantitative estimate of drug-likeness (QED) is 0.323. The molecule has 1 fully saturated rings. The first-order chi connectivity index (χ1) is 15.8. The van der Waals surface area contributed by atoms with Gasteiger partial charge in [-0.3, -0.25) is 0 Å². The lowest BCUT2D eigenvalue weighted by molar-refractivity contribution is -0.138. The Bertz CT molecular complexity index is 1030. The van der Waals surface area contributed by atoms with Crippen molar-refractivity contribution in [2.24, 2.45) is 0 Å². The van der Waals surface area contributed by atoms with Crippen LogP contribution in [0.5, 0.6) is 0 Å². The molecule has 0 amide bonds. The van der Waals surface area contributed by atoms with Crippen molar-refractivity contribution < 1.29 is 49.8 Å². The number of carbonyl (C=O) groups is 2. The average molecular weight is 506 g/mol. The van der Waals surface area contributed by atoms with Gasteiger partial charge in [-0.1, -0.05) is 0 Å². The van der Waals surface area contributed by atoms with Crippen LogP contribution >= 0.6 is 11.8 Å². The second-order valence-corrected chi connectivity index (χ2v) is 8.62. The van der Waals surface area contributed by atoms with Crippen molar-refractivity contribution in [3.63, 3.8) is 0 Å². The van der Waals surface area contributed by atoms with E-state index in [2.05, 4.69) is 0 Å². The van der Waals surface area contributed by atoms with E-state index in [1.54, 1.807) is 0 Å². The Labute approximate surface area is 194 Å². The third kappa shape index (κ3) is 6.05. The molecule has 4 nitrogen and oxygen atoms in total. The van der Waals surface area contributed by atoms with Gasteiger partial charge in [-0.25, -0.2) is 14.0 Å². The molecule has 13 heteroatoms. The molecule has 0 unspecified atom stereocenters. The molecule has 180 valence electrons. The van der Waals surface area contributed by atoms with Crippen LogP contribution in [0.1, 0.15) is 31.8 Å². The highest BCUT2D eigenvalue weighted by atomic mass is 32.2. The Kier molecular flexibility index (Phi) is 7.54. The van der Waals surface area contributed by atoms with Gasteiger partial charge in [-0.15, -0.1) is 0 Å². The summed E-state index contributed by atoms with van der Waals surface area (Å²) in [5.74, 6) is -2.09. The third-order valence-corrected chi connectivity index (χ3v) is 6.17. The topological polar surface area (TPSA) is 52.6 Å². The average Bonchev–Trinajstić information content (AvgIpc) is 3.04. The zero-order valence-electron chi connectivity index (χ0n) is 16.9. The van der Waals surface area contributed by atoms with Gasteiger partial charge in [-0.2, -0.15) is 38.1 Å². The lowest BCUT2D eigenvalue weighted by Gasteiger charge is -2.21. The van der Waals surface area contributed by atoms with E-state index in [1.807, 2.05) is 0 Å². The number of benzene rings is 2. The molecule has 0 aromatic heterocycles. The molecule has 2 aromatic rings. The number of halogens is 7. The van der Waals surface area contributed by atoms with Crippen LogP contribution in [-0.4, -0.2) is 49.1 Å². The molecule has 1 heterocycles. The summed E-state index contributed by atoms with van der Waals surface area (Å²) in [5.41, 5.74) is -2.39. The maximum Gasteiger partial charge on any atom is 0.416 e. The van der Waals surface area contributed by atoms with Crippen molar-refractivity contribution in [1.82, 2.24) is 0 Å². The molecule has 34 heavy (non-hydrogen) atoms. The van der Waals surface area contributed by atoms with Crippen LogP contribution in [0.25, 0.3) is 0 Å². The van der Waals surface area contributed by atoms with E-state index in [4.69, 9.17) is 17.3 Å². The van der Waals surface area contributed by atoms with Crippen LogP contribution in [0.4, 0.5) is 30.7 Å². The maximum atomic E-state index is 14.5. The second kappa shape index (κ2) is 9.89. The first kappa shape index (κ1) is 25.9. The fourth-order valence-electron chi connectivity index (χ4n) is 3.04. The minimum Gasteiger partial charge on any atom is -0.461 e. The van der Waals surface area contributed by atoms with Crippen molar-refractivity contribution in [3.8, 4) is 0 Å². The highest BCUT2D eigenvalue weighted by Crippen LogP contribution is 2.37. The van der Waals surface area contributed by atoms with E-state index in [0.29, 0.717) is 24.3 Å². The number of carbonyl (C=O) groups excluding carboxylic acids is 2. The molecule has 1 aliphatic heterocycles. The number of ether oxygens (including phenoxy) is 2. The van der Waals surface area contributed by atoms with Crippen LogP contribution in [-0.2, 0) is 21.8 Å². The normalized spacial score (nSPS) is 22.9. The monoisotopic (exact) mass is 506 g/mol. The number of hydrogen-bond donors (Lipinski definition) is 0. The predicted molar refractivity (Wildman–Crippen MR) is 108 cm³/mol. The van der Waals surface area contributed by atoms with Crippen LogP contribution in [0.2, 0.25) is 0 Å². The van der Waals surface area contributed by atoms with Gasteiger partial charge in [0.05, 0.1) is 35.4 Å². The van der Waals surface area contributed by atoms with E-state index in [0.717, 1.165) is 36.0 Å². The van der Waals surface area contributed by atoms with Gasteiger partial charge in [0.25, 0.3) is 0 Å². The Morgan fingerprint density at radius 1 is 0.824 bits per heavy atom. The van der Waals surface area contributed by atoms with Gasteiger partial charge in [-0.05, 0) is 48.5 Å². The summed E-state index contributed by atoms with van der Waals surface area (Å²) >= 11 is 0.819. The molecule has 3 rings (SSSR count). The fourth-order valence-corrected chi connectivity index (χ4v) is 4.26. The Morgan fingerprint density at radius 3 is 1.71 bits per heavy atom. The highest BCUT2D eigenvalue weighted by molar-refractivity contribution is 8.02. The summed E-state index contributed by atoms with van der Waals surface area (Å²) in [6, 6.07) is 6.31. The minimum atomic E-state index is -4.61. The molecule has 2 radical (unpaired) electrons. The SMILES string of the molecule is [B][C@H]1S[C@H](COC(=O)c2ccc(C(F)(F)F)cc2)[C@@H](OC(=O)c2ccc(C(F)(F)F)cc2)[C@@H]1F. The summed E-state index contributed by atoms with van der Waals surface area (Å²) in [7, 11) is 5.64. The van der Waals surface area contributed by atoms with Gasteiger partial charge in [0.2, 0.25) is 0 Å². The van der Waals surface area contributed by atoms with E-state index < -0.39 is 64.7 Å². The van der Waals surface area contributed by atoms with Crippen LogP contribution in [0.3, 0.4) is 0 Å². The molecule has 0 bridgehead atoms. The van der Waals surface area contributed by atoms with Gasteiger partial charge < -0.3 is 9.47 Å². The standard InChI is InChI=1S/C21H14BF7O4S/c22-17-15(23)16(33-19(31)11-3-7-13(8-4-11)21(27,28)29)14(34-17)9-32-18(30)10-1-5-12(6-2-10)20(24,25)26/h1-8,14-17H,9H2/t14-,15+,16-,17+/m1/s1. The second-order valence-electron chi connectivity index (χ2n) is 7.20. The Morgan fingerprint density at radius 2 is 1.26 bits per heavy atom. The highest BCUT2D eigenvalue weighted by Gasteiger charge is 2.45. The largest absolute Gasteiger partial charge is 0.461 e. The van der Waals surface area contributed by atoms with E-state index in [9.17, 15) is 40.3 Å². The number of hydrogen-bond acceptors (Lipinski definition) is 5. The van der Waals surface area contributed by atoms with Gasteiger partial charge in [0.15, 0.2) is 0 Å². The molecule has 0 saturated carbocycles. The lowest BCUT2D eigenvalue weighted by Crippen LogP contribution is -2.36. The van der Waals surface area contributed by atoms with E-state index in [1.165, 1.54) is 0 Å². The van der Waals surface area contributed by atoms with Gasteiger partial charge in [0.1, 0.15) is 18.9 Å². The first-order valence-corrected chi connectivity index (χ1v) is 10.5. The summed E-state index contributed by atoms with van der Waals surface area (Å²) < 4.78 is 101. The number of rotatable bonds is 5. The van der Waals surface area contributed by atoms with Gasteiger partial charge in [0, 0.05) is 5.15 Å². The van der Waals surface area contributed by atoms with Crippen LogP contribution in [0.15, 0.2) is 48.5 Å². The van der Waals surface area contributed by atoms with Crippen LogP contribution in [0, 0.1) is 0 Å². The molecule has 0 aliphatic carbocycles. The molecule has 1 saturated heterocycles. The molecule has 4 atom stereocenters.